The first-order chi connectivity index (χ1) is 13.5. The Morgan fingerprint density at radius 3 is 2.54 bits per heavy atom. The molecular formula is C20H19ClN4O2S. The molecule has 1 heterocycles. The summed E-state index contributed by atoms with van der Waals surface area (Å²) >= 11 is 11.1. The zero-order chi connectivity index (χ0) is 19.9. The monoisotopic (exact) mass is 414 g/mol. The second-order valence-electron chi connectivity index (χ2n) is 6.14. The lowest BCUT2D eigenvalue weighted by atomic mass is 10.1. The van der Waals surface area contributed by atoms with Crippen LogP contribution in [0.25, 0.3) is 10.9 Å². The second-order valence-corrected chi connectivity index (χ2v) is 6.96. The van der Waals surface area contributed by atoms with Gasteiger partial charge in [-0.1, -0.05) is 48.0 Å². The summed E-state index contributed by atoms with van der Waals surface area (Å²) in [6, 6.07) is 17.1. The molecule has 3 rings (SSSR count). The van der Waals surface area contributed by atoms with Crippen LogP contribution >= 0.6 is 23.8 Å². The Hall–Kier alpha value is -2.90. The van der Waals surface area contributed by atoms with Crippen molar-refractivity contribution in [2.75, 3.05) is 0 Å². The summed E-state index contributed by atoms with van der Waals surface area (Å²) in [5.41, 5.74) is 6.89. The van der Waals surface area contributed by atoms with Crippen LogP contribution in [0, 0.1) is 0 Å². The highest BCUT2D eigenvalue weighted by Gasteiger charge is 2.09. The predicted molar refractivity (Wildman–Crippen MR) is 114 cm³/mol. The molecule has 2 aromatic carbocycles. The number of carbonyl (C=O) groups is 2. The van der Waals surface area contributed by atoms with Gasteiger partial charge in [-0.15, -0.1) is 0 Å². The van der Waals surface area contributed by atoms with Gasteiger partial charge in [0.05, 0.1) is 0 Å². The smallest absolute Gasteiger partial charge is 0.258 e. The highest BCUT2D eigenvalue weighted by molar-refractivity contribution is 7.80. The molecule has 0 aliphatic carbocycles. The van der Waals surface area contributed by atoms with Crippen LogP contribution in [0.4, 0.5) is 0 Å². The molecule has 0 fully saturated rings. The van der Waals surface area contributed by atoms with Crippen LogP contribution in [-0.2, 0) is 22.6 Å². The molecule has 0 radical (unpaired) electrons. The minimum absolute atomic E-state index is 0.0369. The van der Waals surface area contributed by atoms with E-state index >= 15 is 0 Å². The Bertz CT molecular complexity index is 1020. The largest absolute Gasteiger partial charge is 0.338 e. The number of halogens is 1. The first-order valence-corrected chi connectivity index (χ1v) is 9.47. The van der Waals surface area contributed by atoms with Crippen molar-refractivity contribution < 1.29 is 9.59 Å². The number of benzene rings is 2. The normalized spacial score (nSPS) is 10.5. The topological polar surface area (TPSA) is 75.2 Å². The third kappa shape index (κ3) is 5.31. The molecule has 0 aliphatic rings. The number of thiocarbonyl (C=S) groups is 1. The summed E-state index contributed by atoms with van der Waals surface area (Å²) in [4.78, 5) is 24.1. The molecule has 0 unspecified atom stereocenters. The summed E-state index contributed by atoms with van der Waals surface area (Å²) < 4.78 is 1.83. The Labute approximate surface area is 172 Å². The van der Waals surface area contributed by atoms with Gasteiger partial charge in [-0.3, -0.25) is 20.4 Å². The third-order valence-corrected chi connectivity index (χ3v) is 4.71. The van der Waals surface area contributed by atoms with Crippen molar-refractivity contribution in [2.24, 2.45) is 0 Å². The average Bonchev–Trinajstić information content (AvgIpc) is 3.09. The van der Waals surface area contributed by atoms with E-state index in [-0.39, 0.29) is 29.9 Å². The van der Waals surface area contributed by atoms with Crippen LogP contribution in [0.5, 0.6) is 0 Å². The van der Waals surface area contributed by atoms with Crippen LogP contribution in [-0.4, -0.2) is 21.5 Å². The SMILES string of the molecule is O=C(Cn1ccc2ccccc21)NNC(=S)NC(=O)CCc1ccccc1Cl. The van der Waals surface area contributed by atoms with Crippen LogP contribution in [0.2, 0.25) is 5.02 Å². The van der Waals surface area contributed by atoms with E-state index in [1.807, 2.05) is 59.3 Å². The van der Waals surface area contributed by atoms with Gasteiger partial charge in [0.25, 0.3) is 5.91 Å². The summed E-state index contributed by atoms with van der Waals surface area (Å²) in [6.07, 6.45) is 2.58. The minimum atomic E-state index is -0.283. The van der Waals surface area contributed by atoms with E-state index in [1.54, 1.807) is 6.07 Å². The predicted octanol–water partition coefficient (Wildman–Crippen LogP) is 2.95. The molecule has 1 aromatic heterocycles. The molecule has 2 amide bonds. The molecule has 144 valence electrons. The van der Waals surface area contributed by atoms with Gasteiger partial charge in [0.1, 0.15) is 6.54 Å². The summed E-state index contributed by atoms with van der Waals surface area (Å²) in [5, 5.41) is 4.25. The van der Waals surface area contributed by atoms with Crippen LogP contribution in [0.15, 0.2) is 60.8 Å². The zero-order valence-electron chi connectivity index (χ0n) is 14.9. The fourth-order valence-electron chi connectivity index (χ4n) is 2.77. The van der Waals surface area contributed by atoms with Crippen molar-refractivity contribution in [2.45, 2.75) is 19.4 Å². The Morgan fingerprint density at radius 1 is 0.964 bits per heavy atom. The van der Waals surface area contributed by atoms with E-state index in [9.17, 15) is 9.59 Å². The molecule has 0 atom stereocenters. The van der Waals surface area contributed by atoms with Gasteiger partial charge in [-0.05, 0) is 47.8 Å². The molecule has 0 spiro atoms. The van der Waals surface area contributed by atoms with E-state index in [4.69, 9.17) is 23.8 Å². The lowest BCUT2D eigenvalue weighted by molar-refractivity contribution is -0.122. The number of nitrogens with one attached hydrogen (secondary N) is 3. The summed E-state index contributed by atoms with van der Waals surface area (Å²) in [6.45, 7) is 0.129. The highest BCUT2D eigenvalue weighted by Crippen LogP contribution is 2.16. The molecular weight excluding hydrogens is 396 g/mol. The van der Waals surface area contributed by atoms with Crippen molar-refractivity contribution in [3.8, 4) is 0 Å². The number of hydrogen-bond donors (Lipinski definition) is 3. The van der Waals surface area contributed by atoms with Gasteiger partial charge < -0.3 is 9.88 Å². The van der Waals surface area contributed by atoms with Gasteiger partial charge in [0.15, 0.2) is 5.11 Å². The molecule has 3 N–H and O–H groups in total. The van der Waals surface area contributed by atoms with Crippen molar-refractivity contribution >= 4 is 51.6 Å². The first-order valence-electron chi connectivity index (χ1n) is 8.69. The average molecular weight is 415 g/mol. The van der Waals surface area contributed by atoms with Gasteiger partial charge in [-0.25, -0.2) is 0 Å². The van der Waals surface area contributed by atoms with E-state index in [0.29, 0.717) is 11.4 Å². The number of amides is 2. The molecule has 0 saturated heterocycles. The lowest BCUT2D eigenvalue weighted by Crippen LogP contribution is -2.49. The molecule has 0 bridgehead atoms. The zero-order valence-corrected chi connectivity index (χ0v) is 16.5. The fraction of sp³-hybridized carbons (Fsp3) is 0.150. The van der Waals surface area contributed by atoms with Crippen molar-refractivity contribution in [3.63, 3.8) is 0 Å². The maximum absolute atomic E-state index is 12.1. The number of hydrogen-bond acceptors (Lipinski definition) is 3. The van der Waals surface area contributed by atoms with E-state index in [1.165, 1.54) is 0 Å². The van der Waals surface area contributed by atoms with Crippen LogP contribution in [0.1, 0.15) is 12.0 Å². The molecule has 8 heteroatoms. The number of hydrazine groups is 1. The highest BCUT2D eigenvalue weighted by atomic mass is 35.5. The number of carbonyl (C=O) groups excluding carboxylic acids is 2. The van der Waals surface area contributed by atoms with Gasteiger partial charge >= 0.3 is 0 Å². The number of nitrogens with zero attached hydrogens (tertiary/aromatic N) is 1. The Morgan fingerprint density at radius 2 is 1.71 bits per heavy atom. The molecule has 28 heavy (non-hydrogen) atoms. The molecule has 0 saturated carbocycles. The molecule has 6 nitrogen and oxygen atoms in total. The first kappa shape index (κ1) is 19.9. The van der Waals surface area contributed by atoms with Gasteiger partial charge in [0.2, 0.25) is 5.91 Å². The van der Waals surface area contributed by atoms with E-state index in [2.05, 4.69) is 16.2 Å². The summed E-state index contributed by atoms with van der Waals surface area (Å²) in [5.74, 6) is -0.544. The Balaban J connectivity index is 1.41. The third-order valence-electron chi connectivity index (χ3n) is 4.14. The van der Waals surface area contributed by atoms with Crippen LogP contribution < -0.4 is 16.2 Å². The number of para-hydroxylation sites is 1. The van der Waals surface area contributed by atoms with Gasteiger partial charge in [-0.2, -0.15) is 0 Å². The number of rotatable bonds is 5. The Kier molecular flexibility index (Phi) is 6.62. The van der Waals surface area contributed by atoms with Crippen molar-refractivity contribution in [3.05, 3.63) is 71.4 Å². The quantitative estimate of drug-likeness (QED) is 0.443. The van der Waals surface area contributed by atoms with E-state index < -0.39 is 0 Å². The van der Waals surface area contributed by atoms with Crippen molar-refractivity contribution in [1.82, 2.24) is 20.7 Å². The minimum Gasteiger partial charge on any atom is -0.338 e. The van der Waals surface area contributed by atoms with Crippen molar-refractivity contribution in [1.29, 1.82) is 0 Å². The maximum Gasteiger partial charge on any atom is 0.258 e. The van der Waals surface area contributed by atoms with E-state index in [0.717, 1.165) is 16.5 Å². The number of aryl methyl sites for hydroxylation is 1. The lowest BCUT2D eigenvalue weighted by Gasteiger charge is -2.12. The maximum atomic E-state index is 12.1. The summed E-state index contributed by atoms with van der Waals surface area (Å²) in [7, 11) is 0. The number of fused-ring (bicyclic) bond motifs is 1. The molecule has 3 aromatic rings. The molecule has 0 aliphatic heterocycles. The van der Waals surface area contributed by atoms with Gasteiger partial charge in [0, 0.05) is 23.2 Å². The second kappa shape index (κ2) is 9.34. The number of aromatic nitrogens is 1. The van der Waals surface area contributed by atoms with Crippen LogP contribution in [0.3, 0.4) is 0 Å². The fourth-order valence-corrected chi connectivity index (χ4v) is 3.16. The standard InChI is InChI=1S/C20H19ClN4O2S/c21-16-7-3-1-5-14(16)9-10-18(26)22-20(28)24-23-19(27)13-25-12-11-15-6-2-4-8-17(15)25/h1-8,11-12H,9-10,13H2,(H,23,27)(H2,22,24,26,28).